The van der Waals surface area contributed by atoms with Crippen LogP contribution < -0.4 is 10.6 Å². The normalized spacial score (nSPS) is 10.5. The van der Waals surface area contributed by atoms with Gasteiger partial charge < -0.3 is 10.6 Å². The Kier molecular flexibility index (Phi) is 6.78. The lowest BCUT2D eigenvalue weighted by Crippen LogP contribution is -2.18. The van der Waals surface area contributed by atoms with Gasteiger partial charge in [0.1, 0.15) is 0 Å². The van der Waals surface area contributed by atoms with E-state index in [2.05, 4.69) is 36.5 Å². The molecule has 3 aromatic rings. The summed E-state index contributed by atoms with van der Waals surface area (Å²) in [6.45, 7) is 0. The third-order valence-corrected chi connectivity index (χ3v) is 5.94. The lowest BCUT2D eigenvalue weighted by molar-refractivity contribution is -0.114. The summed E-state index contributed by atoms with van der Waals surface area (Å²) in [5.74, 6) is 0.00584. The van der Waals surface area contributed by atoms with Crippen molar-refractivity contribution < 1.29 is 9.59 Å². The molecule has 26 heavy (non-hydrogen) atoms. The van der Waals surface area contributed by atoms with Gasteiger partial charge in [-0.05, 0) is 12.1 Å². The number of nitrogens with one attached hydrogen (secondary N) is 2. The first-order valence-electron chi connectivity index (χ1n) is 7.38. The second kappa shape index (κ2) is 9.26. The molecular weight excluding hydrogens is 456 g/mol. The van der Waals surface area contributed by atoms with Crippen LogP contribution in [0.3, 0.4) is 0 Å². The Hall–Kier alpha value is -1.75. The molecular formula is C16H13BrN4O2S3. The zero-order valence-electron chi connectivity index (χ0n) is 13.3. The fourth-order valence-electron chi connectivity index (χ4n) is 1.92. The highest BCUT2D eigenvalue weighted by atomic mass is 79.9. The second-order valence-electron chi connectivity index (χ2n) is 4.97. The Morgan fingerprint density at radius 3 is 2.38 bits per heavy atom. The number of rotatable bonds is 7. The van der Waals surface area contributed by atoms with Crippen LogP contribution in [0, 0.1) is 0 Å². The molecule has 0 spiro atoms. The minimum Gasteiger partial charge on any atom is -0.301 e. The van der Waals surface area contributed by atoms with E-state index in [-0.39, 0.29) is 23.3 Å². The number of hydrogen-bond donors (Lipinski definition) is 2. The van der Waals surface area contributed by atoms with Crippen LogP contribution in [0.15, 0.2) is 45.7 Å². The molecule has 2 aromatic heterocycles. The molecule has 134 valence electrons. The monoisotopic (exact) mass is 468 g/mol. The van der Waals surface area contributed by atoms with Gasteiger partial charge in [0, 0.05) is 27.0 Å². The predicted octanol–water partition coefficient (Wildman–Crippen LogP) is 4.34. The van der Waals surface area contributed by atoms with Crippen LogP contribution in [0.25, 0.3) is 11.3 Å². The van der Waals surface area contributed by atoms with Crippen molar-refractivity contribution in [1.82, 2.24) is 9.97 Å². The molecule has 0 bridgehead atoms. The molecule has 10 heteroatoms. The molecule has 0 saturated heterocycles. The first kappa shape index (κ1) is 19.0. The predicted molar refractivity (Wildman–Crippen MR) is 112 cm³/mol. The maximum Gasteiger partial charge on any atom is 0.236 e. The third-order valence-electron chi connectivity index (χ3n) is 3.04. The van der Waals surface area contributed by atoms with Crippen LogP contribution in [0.4, 0.5) is 10.3 Å². The Morgan fingerprint density at radius 2 is 1.73 bits per heavy atom. The van der Waals surface area contributed by atoms with Crippen LogP contribution in [0.2, 0.25) is 0 Å². The van der Waals surface area contributed by atoms with Crippen LogP contribution in [-0.2, 0) is 9.59 Å². The molecule has 0 saturated carbocycles. The SMILES string of the molecule is O=C(CSCC(=O)Nc1nc(-c2ccc(Br)cc2)cs1)Nc1nccs1. The average molecular weight is 469 g/mol. The number of carbonyl (C=O) groups is 2. The summed E-state index contributed by atoms with van der Waals surface area (Å²) >= 11 is 7.36. The molecule has 0 aliphatic heterocycles. The number of nitrogens with zero attached hydrogens (tertiary/aromatic N) is 2. The standard InChI is InChI=1S/C16H13BrN4O2S3/c17-11-3-1-10(2-4-11)12-7-26-16(19-12)21-14(23)9-24-8-13(22)20-15-18-5-6-25-15/h1-7H,8-9H2,(H,18,20,22)(H,19,21,23). The zero-order valence-corrected chi connectivity index (χ0v) is 17.3. The van der Waals surface area contributed by atoms with Crippen LogP contribution >= 0.6 is 50.4 Å². The van der Waals surface area contributed by atoms with E-state index < -0.39 is 0 Å². The van der Waals surface area contributed by atoms with Crippen molar-refractivity contribution in [1.29, 1.82) is 0 Å². The van der Waals surface area contributed by atoms with Gasteiger partial charge in [0.2, 0.25) is 11.8 Å². The largest absolute Gasteiger partial charge is 0.301 e. The number of amides is 2. The van der Waals surface area contributed by atoms with Gasteiger partial charge in [-0.1, -0.05) is 28.1 Å². The van der Waals surface area contributed by atoms with Crippen LogP contribution in [0.1, 0.15) is 0 Å². The summed E-state index contributed by atoms with van der Waals surface area (Å²) in [4.78, 5) is 32.1. The lowest BCUT2D eigenvalue weighted by Gasteiger charge is -2.02. The summed E-state index contributed by atoms with van der Waals surface area (Å²) in [6, 6.07) is 7.81. The minimum atomic E-state index is -0.186. The van der Waals surface area contributed by atoms with Gasteiger partial charge in [-0.2, -0.15) is 0 Å². The Balaban J connectivity index is 1.43. The number of carbonyl (C=O) groups excluding carboxylic acids is 2. The molecule has 6 nitrogen and oxygen atoms in total. The van der Waals surface area contributed by atoms with Gasteiger partial charge >= 0.3 is 0 Å². The van der Waals surface area contributed by atoms with E-state index in [4.69, 9.17) is 0 Å². The maximum absolute atomic E-state index is 12.0. The van der Waals surface area contributed by atoms with E-state index in [1.807, 2.05) is 29.6 Å². The van der Waals surface area contributed by atoms with Crippen molar-refractivity contribution in [3.8, 4) is 11.3 Å². The highest BCUT2D eigenvalue weighted by molar-refractivity contribution is 9.10. The van der Waals surface area contributed by atoms with E-state index in [9.17, 15) is 9.59 Å². The van der Waals surface area contributed by atoms with Gasteiger partial charge in [0.05, 0.1) is 17.2 Å². The van der Waals surface area contributed by atoms with Gasteiger partial charge in [-0.25, -0.2) is 9.97 Å². The van der Waals surface area contributed by atoms with Gasteiger partial charge in [0.15, 0.2) is 10.3 Å². The lowest BCUT2D eigenvalue weighted by atomic mass is 10.2. The maximum atomic E-state index is 12.0. The molecule has 0 fully saturated rings. The molecule has 0 unspecified atom stereocenters. The summed E-state index contributed by atoms with van der Waals surface area (Å²) < 4.78 is 1.00. The van der Waals surface area contributed by atoms with Crippen LogP contribution in [0.5, 0.6) is 0 Å². The third kappa shape index (κ3) is 5.63. The first-order valence-corrected chi connectivity index (χ1v) is 11.1. The van der Waals surface area contributed by atoms with Crippen molar-refractivity contribution in [2.75, 3.05) is 22.1 Å². The highest BCUT2D eigenvalue weighted by Gasteiger charge is 2.10. The highest BCUT2D eigenvalue weighted by Crippen LogP contribution is 2.26. The van der Waals surface area contributed by atoms with E-state index in [0.717, 1.165) is 15.7 Å². The molecule has 0 aliphatic rings. The number of hydrogen-bond acceptors (Lipinski definition) is 7. The smallest absolute Gasteiger partial charge is 0.236 e. The molecule has 1 aromatic carbocycles. The van der Waals surface area contributed by atoms with Crippen molar-refractivity contribution >= 4 is 72.4 Å². The zero-order chi connectivity index (χ0) is 18.4. The van der Waals surface area contributed by atoms with Gasteiger partial charge in [-0.15, -0.1) is 34.4 Å². The topological polar surface area (TPSA) is 84.0 Å². The molecule has 3 rings (SSSR count). The van der Waals surface area contributed by atoms with E-state index >= 15 is 0 Å². The van der Waals surface area contributed by atoms with E-state index in [1.54, 1.807) is 11.6 Å². The summed E-state index contributed by atoms with van der Waals surface area (Å²) in [7, 11) is 0. The fourth-order valence-corrected chi connectivity index (χ4v) is 4.08. The molecule has 0 radical (unpaired) electrons. The summed E-state index contributed by atoms with van der Waals surface area (Å²) in [5.41, 5.74) is 1.80. The molecule has 0 atom stereocenters. The average Bonchev–Trinajstić information content (AvgIpc) is 3.27. The van der Waals surface area contributed by atoms with Crippen molar-refractivity contribution in [2.24, 2.45) is 0 Å². The van der Waals surface area contributed by atoms with Crippen LogP contribution in [-0.4, -0.2) is 33.3 Å². The fraction of sp³-hybridized carbons (Fsp3) is 0.125. The molecule has 2 N–H and O–H groups in total. The molecule has 2 amide bonds. The van der Waals surface area contributed by atoms with Gasteiger partial charge in [-0.3, -0.25) is 9.59 Å². The Bertz CT molecular complexity index is 881. The van der Waals surface area contributed by atoms with Crippen molar-refractivity contribution in [3.63, 3.8) is 0 Å². The summed E-state index contributed by atoms with van der Waals surface area (Å²) in [6.07, 6.45) is 1.62. The number of thiazole rings is 2. The molecule has 2 heterocycles. The Labute approximate surface area is 170 Å². The number of aromatic nitrogens is 2. The second-order valence-corrected chi connectivity index (χ2v) is 8.63. The first-order chi connectivity index (χ1) is 12.6. The quantitative estimate of drug-likeness (QED) is 0.538. The minimum absolute atomic E-state index is 0.176. The summed E-state index contributed by atoms with van der Waals surface area (Å²) in [5, 5.41) is 10.2. The number of benzene rings is 1. The number of halogens is 1. The van der Waals surface area contributed by atoms with Crippen molar-refractivity contribution in [2.45, 2.75) is 0 Å². The van der Waals surface area contributed by atoms with E-state index in [1.165, 1.54) is 34.4 Å². The number of anilines is 2. The molecule has 0 aliphatic carbocycles. The Morgan fingerprint density at radius 1 is 1.04 bits per heavy atom. The van der Waals surface area contributed by atoms with E-state index in [0.29, 0.717) is 10.3 Å². The van der Waals surface area contributed by atoms with Gasteiger partial charge in [0.25, 0.3) is 0 Å². The number of thioether (sulfide) groups is 1. The van der Waals surface area contributed by atoms with Crippen molar-refractivity contribution in [3.05, 3.63) is 45.7 Å².